The van der Waals surface area contributed by atoms with Crippen molar-refractivity contribution in [2.45, 2.75) is 39.8 Å². The fraction of sp³-hybridized carbons (Fsp3) is 0.600. The van der Waals surface area contributed by atoms with Crippen LogP contribution in [0.5, 0.6) is 11.5 Å². The molecule has 3 N–H and O–H groups in total. The molecule has 1 aromatic carbocycles. The van der Waals surface area contributed by atoms with Crippen molar-refractivity contribution in [2.24, 2.45) is 11.1 Å². The Morgan fingerprint density at radius 2 is 1.53 bits per heavy atom. The Hall–Kier alpha value is -1.26. The maximum absolute atomic E-state index is 10.4. The summed E-state index contributed by atoms with van der Waals surface area (Å²) in [6.45, 7) is 7.81. The van der Waals surface area contributed by atoms with Crippen molar-refractivity contribution in [2.75, 3.05) is 14.2 Å². The minimum absolute atomic E-state index is 0.319. The maximum Gasteiger partial charge on any atom is 0.127 e. The van der Waals surface area contributed by atoms with Crippen molar-refractivity contribution in [3.8, 4) is 11.5 Å². The predicted molar refractivity (Wildman–Crippen MR) is 76.7 cm³/mol. The number of aliphatic hydroxyl groups excluding tert-OH is 1. The Kier molecular flexibility index (Phi) is 4.82. The minimum Gasteiger partial charge on any atom is -0.496 e. The lowest BCUT2D eigenvalue weighted by Gasteiger charge is -2.32. The molecule has 0 unspecified atom stereocenters. The summed E-state index contributed by atoms with van der Waals surface area (Å²) in [5.74, 6) is 1.29. The van der Waals surface area contributed by atoms with Gasteiger partial charge in [-0.1, -0.05) is 20.8 Å². The molecule has 0 aromatic heterocycles. The molecule has 2 atom stereocenters. The fourth-order valence-electron chi connectivity index (χ4n) is 2.09. The van der Waals surface area contributed by atoms with E-state index in [0.717, 1.165) is 5.56 Å². The standard InChI is InChI=1S/C15H25NO3/c1-9-7-10(18-5)12(11(8-9)19-6)13(16)14(17)15(2,3)4/h7-8,13-14,17H,16H2,1-6H3/t13-,14-/m1/s1. The molecule has 0 fully saturated rings. The molecule has 0 aliphatic heterocycles. The van der Waals surface area contributed by atoms with E-state index in [2.05, 4.69) is 0 Å². The Bertz CT molecular complexity index is 413. The zero-order valence-corrected chi connectivity index (χ0v) is 12.7. The number of aryl methyl sites for hydroxylation is 1. The van der Waals surface area contributed by atoms with Gasteiger partial charge in [-0.3, -0.25) is 0 Å². The molecule has 0 spiro atoms. The van der Waals surface area contributed by atoms with Crippen LogP contribution in [-0.4, -0.2) is 25.4 Å². The first-order valence-corrected chi connectivity index (χ1v) is 6.38. The van der Waals surface area contributed by atoms with Gasteiger partial charge in [0.15, 0.2) is 0 Å². The number of methoxy groups -OCH3 is 2. The van der Waals surface area contributed by atoms with E-state index in [1.165, 1.54) is 0 Å². The summed E-state index contributed by atoms with van der Waals surface area (Å²) in [6.07, 6.45) is -0.696. The molecular formula is C15H25NO3. The zero-order chi connectivity index (χ0) is 14.8. The van der Waals surface area contributed by atoms with Gasteiger partial charge in [0.2, 0.25) is 0 Å². The van der Waals surface area contributed by atoms with Crippen LogP contribution in [0.3, 0.4) is 0 Å². The maximum atomic E-state index is 10.4. The lowest BCUT2D eigenvalue weighted by atomic mass is 9.82. The van der Waals surface area contributed by atoms with Crippen LogP contribution in [0, 0.1) is 12.3 Å². The average molecular weight is 267 g/mol. The van der Waals surface area contributed by atoms with Gasteiger partial charge in [0, 0.05) is 0 Å². The Balaban J connectivity index is 3.32. The lowest BCUT2D eigenvalue weighted by molar-refractivity contribution is 0.0388. The molecule has 19 heavy (non-hydrogen) atoms. The molecule has 0 saturated carbocycles. The highest BCUT2D eigenvalue weighted by Crippen LogP contribution is 2.39. The molecule has 0 amide bonds. The van der Waals surface area contributed by atoms with Crippen molar-refractivity contribution in [3.05, 3.63) is 23.3 Å². The zero-order valence-electron chi connectivity index (χ0n) is 12.7. The normalized spacial score (nSPS) is 14.9. The van der Waals surface area contributed by atoms with Crippen molar-refractivity contribution in [1.82, 2.24) is 0 Å². The summed E-state index contributed by atoms with van der Waals surface area (Å²) in [4.78, 5) is 0. The third kappa shape index (κ3) is 3.39. The van der Waals surface area contributed by atoms with Crippen LogP contribution in [0.25, 0.3) is 0 Å². The van der Waals surface area contributed by atoms with Gasteiger partial charge in [-0.05, 0) is 30.0 Å². The van der Waals surface area contributed by atoms with Crippen LogP contribution in [0.4, 0.5) is 0 Å². The molecule has 0 bridgehead atoms. The molecule has 0 radical (unpaired) electrons. The van der Waals surface area contributed by atoms with Crippen LogP contribution < -0.4 is 15.2 Å². The van der Waals surface area contributed by atoms with Crippen molar-refractivity contribution in [1.29, 1.82) is 0 Å². The van der Waals surface area contributed by atoms with Gasteiger partial charge < -0.3 is 20.3 Å². The third-order valence-electron chi connectivity index (χ3n) is 3.25. The van der Waals surface area contributed by atoms with E-state index in [0.29, 0.717) is 17.1 Å². The molecule has 4 heteroatoms. The van der Waals surface area contributed by atoms with Gasteiger partial charge in [0.1, 0.15) is 11.5 Å². The molecule has 0 saturated heterocycles. The van der Waals surface area contributed by atoms with Crippen LogP contribution >= 0.6 is 0 Å². The van der Waals surface area contributed by atoms with E-state index < -0.39 is 12.1 Å². The Morgan fingerprint density at radius 3 is 1.84 bits per heavy atom. The average Bonchev–Trinajstić information content (AvgIpc) is 2.34. The second kappa shape index (κ2) is 5.80. The van der Waals surface area contributed by atoms with Gasteiger partial charge in [0.05, 0.1) is 31.9 Å². The second-order valence-electron chi connectivity index (χ2n) is 5.92. The van der Waals surface area contributed by atoms with Crippen LogP contribution in [0.15, 0.2) is 12.1 Å². The van der Waals surface area contributed by atoms with Crippen LogP contribution in [0.1, 0.15) is 37.9 Å². The van der Waals surface area contributed by atoms with Gasteiger partial charge >= 0.3 is 0 Å². The van der Waals surface area contributed by atoms with Gasteiger partial charge in [-0.2, -0.15) is 0 Å². The monoisotopic (exact) mass is 267 g/mol. The number of aliphatic hydroxyl groups is 1. The summed E-state index contributed by atoms with van der Waals surface area (Å²) in [6, 6.07) is 3.23. The first-order valence-electron chi connectivity index (χ1n) is 6.38. The predicted octanol–water partition coefficient (Wildman–Crippen LogP) is 2.42. The summed E-state index contributed by atoms with van der Waals surface area (Å²) in [7, 11) is 3.18. The Morgan fingerprint density at radius 1 is 1.11 bits per heavy atom. The van der Waals surface area contributed by atoms with E-state index in [4.69, 9.17) is 15.2 Å². The van der Waals surface area contributed by atoms with Crippen molar-refractivity contribution in [3.63, 3.8) is 0 Å². The van der Waals surface area contributed by atoms with E-state index >= 15 is 0 Å². The van der Waals surface area contributed by atoms with E-state index in [9.17, 15) is 5.11 Å². The van der Waals surface area contributed by atoms with Crippen LogP contribution in [0.2, 0.25) is 0 Å². The first-order chi connectivity index (χ1) is 8.72. The van der Waals surface area contributed by atoms with Gasteiger partial charge in [0.25, 0.3) is 0 Å². The molecule has 4 nitrogen and oxygen atoms in total. The number of rotatable bonds is 4. The molecule has 0 heterocycles. The topological polar surface area (TPSA) is 64.7 Å². The van der Waals surface area contributed by atoms with E-state index in [-0.39, 0.29) is 5.41 Å². The van der Waals surface area contributed by atoms with Crippen molar-refractivity contribution >= 4 is 0 Å². The quantitative estimate of drug-likeness (QED) is 0.879. The number of hydrogen-bond acceptors (Lipinski definition) is 4. The Labute approximate surface area is 115 Å². The fourth-order valence-corrected chi connectivity index (χ4v) is 2.09. The highest BCUT2D eigenvalue weighted by molar-refractivity contribution is 5.50. The lowest BCUT2D eigenvalue weighted by Crippen LogP contribution is -2.37. The smallest absolute Gasteiger partial charge is 0.127 e. The molecule has 1 rings (SSSR count). The molecule has 0 aliphatic rings. The number of nitrogens with two attached hydrogens (primary N) is 1. The molecule has 108 valence electrons. The highest BCUT2D eigenvalue weighted by Gasteiger charge is 2.32. The van der Waals surface area contributed by atoms with E-state index in [1.54, 1.807) is 14.2 Å². The highest BCUT2D eigenvalue weighted by atomic mass is 16.5. The largest absolute Gasteiger partial charge is 0.496 e. The third-order valence-corrected chi connectivity index (χ3v) is 3.25. The summed E-state index contributed by atoms with van der Waals surface area (Å²) >= 11 is 0. The van der Waals surface area contributed by atoms with Crippen LogP contribution in [-0.2, 0) is 0 Å². The van der Waals surface area contributed by atoms with Crippen molar-refractivity contribution < 1.29 is 14.6 Å². The summed E-state index contributed by atoms with van der Waals surface area (Å²) in [5, 5.41) is 10.4. The van der Waals surface area contributed by atoms with Gasteiger partial charge in [-0.15, -0.1) is 0 Å². The number of hydrogen-bond donors (Lipinski definition) is 2. The molecular weight excluding hydrogens is 242 g/mol. The van der Waals surface area contributed by atoms with Gasteiger partial charge in [-0.25, -0.2) is 0 Å². The number of ether oxygens (including phenoxy) is 2. The summed E-state index contributed by atoms with van der Waals surface area (Å²) in [5.41, 5.74) is 7.63. The minimum atomic E-state index is -0.696. The van der Waals surface area contributed by atoms with E-state index in [1.807, 2.05) is 39.8 Å². The molecule has 0 aliphatic carbocycles. The SMILES string of the molecule is COc1cc(C)cc(OC)c1[C@@H](N)[C@@H](O)C(C)(C)C. The number of benzene rings is 1. The first kappa shape index (κ1) is 15.8. The molecule has 1 aromatic rings. The summed E-state index contributed by atoms with van der Waals surface area (Å²) < 4.78 is 10.8. The second-order valence-corrected chi connectivity index (χ2v) is 5.92.